The predicted molar refractivity (Wildman–Crippen MR) is 81.0 cm³/mol. The summed E-state index contributed by atoms with van der Waals surface area (Å²) in [6.45, 7) is 4.34. The van der Waals surface area contributed by atoms with Gasteiger partial charge in [0.25, 0.3) is 5.69 Å². The predicted octanol–water partition coefficient (Wildman–Crippen LogP) is 4.25. The van der Waals surface area contributed by atoms with Crippen LogP contribution in [-0.4, -0.2) is 9.91 Å². The molecular formula is C14H17N3O2S. The van der Waals surface area contributed by atoms with E-state index < -0.39 is 4.92 Å². The second-order valence-corrected chi connectivity index (χ2v) is 5.98. The molecule has 1 unspecified atom stereocenters. The molecule has 0 aliphatic heterocycles. The molecule has 0 saturated carbocycles. The highest BCUT2D eigenvalue weighted by Gasteiger charge is 2.15. The molecule has 1 atom stereocenters. The molecule has 0 aromatic carbocycles. The van der Waals surface area contributed by atoms with Crippen LogP contribution >= 0.6 is 11.3 Å². The van der Waals surface area contributed by atoms with E-state index >= 15 is 0 Å². The average Bonchev–Trinajstić information content (AvgIpc) is 2.92. The fourth-order valence-electron chi connectivity index (χ4n) is 1.97. The molecule has 6 heteroatoms. The van der Waals surface area contributed by atoms with Gasteiger partial charge in [0, 0.05) is 10.9 Å². The maximum absolute atomic E-state index is 10.6. The van der Waals surface area contributed by atoms with Crippen molar-refractivity contribution >= 4 is 22.8 Å². The van der Waals surface area contributed by atoms with Gasteiger partial charge in [0.1, 0.15) is 12.0 Å². The molecule has 2 rings (SSSR count). The highest BCUT2D eigenvalue weighted by atomic mass is 32.1. The van der Waals surface area contributed by atoms with E-state index in [0.717, 1.165) is 6.42 Å². The third-order valence-electron chi connectivity index (χ3n) is 2.87. The lowest BCUT2D eigenvalue weighted by atomic mass is 10.0. The summed E-state index contributed by atoms with van der Waals surface area (Å²) in [6, 6.07) is 7.42. The van der Waals surface area contributed by atoms with Crippen LogP contribution in [0.3, 0.4) is 0 Å². The van der Waals surface area contributed by atoms with E-state index in [-0.39, 0.29) is 11.7 Å². The molecule has 2 aromatic rings. The van der Waals surface area contributed by atoms with Crippen molar-refractivity contribution in [3.63, 3.8) is 0 Å². The number of hydrogen-bond acceptors (Lipinski definition) is 5. The molecule has 0 radical (unpaired) electrons. The Kier molecular flexibility index (Phi) is 4.68. The lowest BCUT2D eigenvalue weighted by molar-refractivity contribution is -0.385. The van der Waals surface area contributed by atoms with Gasteiger partial charge in [0.2, 0.25) is 0 Å². The molecular weight excluding hydrogens is 274 g/mol. The minimum atomic E-state index is -0.443. The molecule has 0 fully saturated rings. The summed E-state index contributed by atoms with van der Waals surface area (Å²) < 4.78 is 0. The van der Waals surface area contributed by atoms with E-state index in [1.165, 1.54) is 17.1 Å². The van der Waals surface area contributed by atoms with E-state index in [9.17, 15) is 10.1 Å². The maximum Gasteiger partial charge on any atom is 0.287 e. The average molecular weight is 291 g/mol. The van der Waals surface area contributed by atoms with Gasteiger partial charge in [-0.2, -0.15) is 0 Å². The van der Waals surface area contributed by atoms with Gasteiger partial charge in [0.05, 0.1) is 11.0 Å². The van der Waals surface area contributed by atoms with Crippen LogP contribution in [0.4, 0.5) is 11.5 Å². The molecule has 106 valence electrons. The van der Waals surface area contributed by atoms with Crippen LogP contribution in [0.25, 0.3) is 0 Å². The molecule has 0 aliphatic rings. The van der Waals surface area contributed by atoms with Crippen molar-refractivity contribution in [2.24, 2.45) is 5.92 Å². The Morgan fingerprint density at radius 2 is 2.20 bits per heavy atom. The number of nitrogens with one attached hydrogen (secondary N) is 1. The first kappa shape index (κ1) is 14.5. The second kappa shape index (κ2) is 6.47. The van der Waals surface area contributed by atoms with Crippen LogP contribution in [-0.2, 0) is 0 Å². The Hall–Kier alpha value is -1.95. The molecule has 20 heavy (non-hydrogen) atoms. The number of nitrogens with zero attached hydrogens (tertiary/aromatic N) is 2. The van der Waals surface area contributed by atoms with Gasteiger partial charge in [-0.3, -0.25) is 10.1 Å². The van der Waals surface area contributed by atoms with Crippen molar-refractivity contribution in [3.8, 4) is 0 Å². The minimum absolute atomic E-state index is 0.00656. The summed E-state index contributed by atoms with van der Waals surface area (Å²) >= 11 is 1.70. The standard InChI is InChI=1S/C14H17N3O2S/c1-10(2)8-12(13-4-3-7-20-13)16-14-6-5-11(9-15-14)17(18)19/h3-7,9-10,12H,8H2,1-2H3,(H,15,16). The third kappa shape index (κ3) is 3.77. The molecule has 2 heterocycles. The van der Waals surface area contributed by atoms with Crippen LogP contribution < -0.4 is 5.32 Å². The lowest BCUT2D eigenvalue weighted by Crippen LogP contribution is -2.13. The zero-order valence-electron chi connectivity index (χ0n) is 11.4. The molecule has 0 spiro atoms. The first-order valence-corrected chi connectivity index (χ1v) is 7.34. The zero-order chi connectivity index (χ0) is 14.5. The van der Waals surface area contributed by atoms with Gasteiger partial charge in [-0.05, 0) is 29.9 Å². The molecule has 1 N–H and O–H groups in total. The summed E-state index contributed by atoms with van der Waals surface area (Å²) in [4.78, 5) is 15.5. The molecule has 2 aromatic heterocycles. The Morgan fingerprint density at radius 1 is 1.40 bits per heavy atom. The number of nitro groups is 1. The van der Waals surface area contributed by atoms with Crippen LogP contribution in [0.2, 0.25) is 0 Å². The van der Waals surface area contributed by atoms with Gasteiger partial charge in [-0.25, -0.2) is 4.98 Å². The quantitative estimate of drug-likeness (QED) is 0.638. The normalized spacial score (nSPS) is 12.3. The summed E-state index contributed by atoms with van der Waals surface area (Å²) in [5.74, 6) is 1.21. The number of rotatable bonds is 6. The molecule has 0 bridgehead atoms. The lowest BCUT2D eigenvalue weighted by Gasteiger charge is -2.20. The summed E-state index contributed by atoms with van der Waals surface area (Å²) in [5.41, 5.74) is 0.00656. The monoisotopic (exact) mass is 291 g/mol. The SMILES string of the molecule is CC(C)CC(Nc1ccc([N+](=O)[O-])cn1)c1cccs1. The van der Waals surface area contributed by atoms with Crippen LogP contribution in [0.15, 0.2) is 35.8 Å². The van der Waals surface area contributed by atoms with Crippen LogP contribution in [0.5, 0.6) is 0 Å². The number of anilines is 1. The van der Waals surface area contributed by atoms with Crippen molar-refractivity contribution in [3.05, 3.63) is 50.8 Å². The maximum atomic E-state index is 10.6. The van der Waals surface area contributed by atoms with Crippen molar-refractivity contribution in [2.75, 3.05) is 5.32 Å². The first-order chi connectivity index (χ1) is 9.56. The Bertz CT molecular complexity index is 552. The van der Waals surface area contributed by atoms with E-state index in [2.05, 4.69) is 30.2 Å². The Labute approximate surface area is 121 Å². The topological polar surface area (TPSA) is 68.1 Å². The molecule has 0 saturated heterocycles. The Balaban J connectivity index is 2.13. The highest BCUT2D eigenvalue weighted by molar-refractivity contribution is 7.10. The van der Waals surface area contributed by atoms with Gasteiger partial charge < -0.3 is 5.32 Å². The van der Waals surface area contributed by atoms with Crippen molar-refractivity contribution in [2.45, 2.75) is 26.3 Å². The van der Waals surface area contributed by atoms with Crippen LogP contribution in [0.1, 0.15) is 31.2 Å². The number of hydrogen-bond donors (Lipinski definition) is 1. The number of pyridine rings is 1. The fourth-order valence-corrected chi connectivity index (χ4v) is 2.76. The smallest absolute Gasteiger partial charge is 0.287 e. The van der Waals surface area contributed by atoms with Crippen molar-refractivity contribution in [1.29, 1.82) is 0 Å². The summed E-state index contributed by atoms with van der Waals surface area (Å²) in [7, 11) is 0. The van der Waals surface area contributed by atoms with Crippen molar-refractivity contribution in [1.82, 2.24) is 4.98 Å². The third-order valence-corrected chi connectivity index (χ3v) is 3.86. The largest absolute Gasteiger partial charge is 0.362 e. The first-order valence-electron chi connectivity index (χ1n) is 6.46. The fraction of sp³-hybridized carbons (Fsp3) is 0.357. The van der Waals surface area contributed by atoms with Gasteiger partial charge in [-0.1, -0.05) is 19.9 Å². The van der Waals surface area contributed by atoms with Crippen LogP contribution in [0, 0.1) is 16.0 Å². The van der Waals surface area contributed by atoms with Crippen molar-refractivity contribution < 1.29 is 4.92 Å². The van der Waals surface area contributed by atoms with Gasteiger partial charge >= 0.3 is 0 Å². The van der Waals surface area contributed by atoms with E-state index in [1.54, 1.807) is 17.4 Å². The summed E-state index contributed by atoms with van der Waals surface area (Å²) in [6.07, 6.45) is 2.27. The number of aromatic nitrogens is 1. The van der Waals surface area contributed by atoms with Gasteiger partial charge in [0.15, 0.2) is 0 Å². The Morgan fingerprint density at radius 3 is 2.70 bits per heavy atom. The minimum Gasteiger partial charge on any atom is -0.362 e. The van der Waals surface area contributed by atoms with E-state index in [0.29, 0.717) is 11.7 Å². The van der Waals surface area contributed by atoms with E-state index in [4.69, 9.17) is 0 Å². The number of thiophene rings is 1. The summed E-state index contributed by atoms with van der Waals surface area (Å²) in [5, 5.41) is 16.0. The zero-order valence-corrected chi connectivity index (χ0v) is 12.3. The highest BCUT2D eigenvalue weighted by Crippen LogP contribution is 2.28. The second-order valence-electron chi connectivity index (χ2n) is 5.00. The molecule has 0 amide bonds. The molecule has 5 nitrogen and oxygen atoms in total. The van der Waals surface area contributed by atoms with E-state index in [1.807, 2.05) is 11.4 Å². The molecule has 0 aliphatic carbocycles. The van der Waals surface area contributed by atoms with Gasteiger partial charge in [-0.15, -0.1) is 11.3 Å².